The molecule has 0 aromatic carbocycles. The molecule has 1 aromatic rings. The largest absolute Gasteiger partial charge is 0.305 e. The molecule has 1 unspecified atom stereocenters. The fourth-order valence-electron chi connectivity index (χ4n) is 1.17. The zero-order chi connectivity index (χ0) is 6.97. The third-order valence-corrected chi connectivity index (χ3v) is 1.75. The summed E-state index contributed by atoms with van der Waals surface area (Å²) in [5.41, 5.74) is 0. The average molecular weight is 138 g/mol. The maximum atomic E-state index is 4.08. The summed E-state index contributed by atoms with van der Waals surface area (Å²) in [4.78, 5) is 4.08. The van der Waals surface area contributed by atoms with Crippen molar-refractivity contribution in [1.82, 2.24) is 20.1 Å². The van der Waals surface area contributed by atoms with Gasteiger partial charge in [-0.1, -0.05) is 0 Å². The summed E-state index contributed by atoms with van der Waals surface area (Å²) in [6, 6.07) is 0.522. The lowest BCUT2D eigenvalue weighted by Crippen LogP contribution is -2.36. The average Bonchev–Trinajstić information content (AvgIpc) is 2.33. The zero-order valence-corrected chi connectivity index (χ0v) is 5.91. The van der Waals surface area contributed by atoms with Crippen molar-refractivity contribution in [3.05, 3.63) is 12.2 Å². The number of rotatable bonds is 0. The molecule has 1 aliphatic heterocycles. The lowest BCUT2D eigenvalue weighted by atomic mass is 10.3. The van der Waals surface area contributed by atoms with Crippen LogP contribution in [-0.4, -0.2) is 20.8 Å². The van der Waals surface area contributed by atoms with Gasteiger partial charge in [0.2, 0.25) is 0 Å². The predicted molar refractivity (Wildman–Crippen MR) is 36.3 cm³/mol. The van der Waals surface area contributed by atoms with E-state index >= 15 is 0 Å². The summed E-state index contributed by atoms with van der Waals surface area (Å²) in [6.45, 7) is 3.93. The first-order valence-electron chi connectivity index (χ1n) is 3.46. The molecular weight excluding hydrogens is 128 g/mol. The minimum atomic E-state index is 0.522. The Kier molecular flexibility index (Phi) is 1.20. The van der Waals surface area contributed by atoms with Crippen molar-refractivity contribution in [2.75, 3.05) is 0 Å². The molecule has 0 bridgehead atoms. The van der Waals surface area contributed by atoms with E-state index in [1.807, 2.05) is 4.68 Å². The van der Waals surface area contributed by atoms with Crippen LogP contribution in [-0.2, 0) is 13.1 Å². The molecule has 1 atom stereocenters. The Morgan fingerprint density at radius 1 is 1.80 bits per heavy atom. The van der Waals surface area contributed by atoms with Crippen molar-refractivity contribution in [2.24, 2.45) is 0 Å². The molecule has 0 spiro atoms. The van der Waals surface area contributed by atoms with Crippen molar-refractivity contribution in [3.63, 3.8) is 0 Å². The van der Waals surface area contributed by atoms with Gasteiger partial charge in [0.15, 0.2) is 0 Å². The third-order valence-electron chi connectivity index (χ3n) is 1.75. The van der Waals surface area contributed by atoms with Crippen LogP contribution in [0.1, 0.15) is 12.7 Å². The maximum absolute atomic E-state index is 4.08. The summed E-state index contributed by atoms with van der Waals surface area (Å²) in [6.07, 6.45) is 1.61. The highest BCUT2D eigenvalue weighted by Gasteiger charge is 2.13. The smallest absolute Gasteiger partial charge is 0.140 e. The van der Waals surface area contributed by atoms with Crippen LogP contribution >= 0.6 is 0 Å². The van der Waals surface area contributed by atoms with Gasteiger partial charge in [-0.25, -0.2) is 9.67 Å². The Balaban J connectivity index is 2.30. The first kappa shape index (κ1) is 5.85. The monoisotopic (exact) mass is 138 g/mol. The topological polar surface area (TPSA) is 42.7 Å². The van der Waals surface area contributed by atoms with E-state index in [-0.39, 0.29) is 0 Å². The van der Waals surface area contributed by atoms with Crippen LogP contribution in [0, 0.1) is 0 Å². The molecule has 4 heteroatoms. The van der Waals surface area contributed by atoms with Gasteiger partial charge in [-0.05, 0) is 6.92 Å². The van der Waals surface area contributed by atoms with Crippen LogP contribution in [0.2, 0.25) is 0 Å². The highest BCUT2D eigenvalue weighted by atomic mass is 15.4. The molecule has 0 radical (unpaired) electrons. The molecule has 1 aromatic heterocycles. The van der Waals surface area contributed by atoms with Gasteiger partial charge in [0, 0.05) is 6.04 Å². The van der Waals surface area contributed by atoms with Gasteiger partial charge in [-0.3, -0.25) is 0 Å². The number of hydrogen-bond donors (Lipinski definition) is 1. The van der Waals surface area contributed by atoms with E-state index in [0.29, 0.717) is 6.04 Å². The van der Waals surface area contributed by atoms with Crippen LogP contribution in [0.3, 0.4) is 0 Å². The Hall–Kier alpha value is -0.900. The normalized spacial score (nSPS) is 24.3. The van der Waals surface area contributed by atoms with Gasteiger partial charge in [-0.2, -0.15) is 5.10 Å². The lowest BCUT2D eigenvalue weighted by Gasteiger charge is -2.19. The van der Waals surface area contributed by atoms with E-state index in [1.54, 1.807) is 6.33 Å². The van der Waals surface area contributed by atoms with Gasteiger partial charge in [0.25, 0.3) is 0 Å². The van der Waals surface area contributed by atoms with Crippen LogP contribution in [0.25, 0.3) is 0 Å². The van der Waals surface area contributed by atoms with Crippen molar-refractivity contribution in [3.8, 4) is 0 Å². The molecule has 0 amide bonds. The molecule has 0 saturated carbocycles. The number of aromatic nitrogens is 3. The molecule has 2 heterocycles. The van der Waals surface area contributed by atoms with Crippen molar-refractivity contribution in [1.29, 1.82) is 0 Å². The number of fused-ring (bicyclic) bond motifs is 1. The van der Waals surface area contributed by atoms with Crippen molar-refractivity contribution < 1.29 is 0 Å². The first-order valence-corrected chi connectivity index (χ1v) is 3.46. The number of nitrogens with zero attached hydrogens (tertiary/aromatic N) is 3. The molecule has 4 nitrogen and oxygen atoms in total. The van der Waals surface area contributed by atoms with E-state index in [0.717, 1.165) is 18.9 Å². The molecule has 1 N–H and O–H groups in total. The van der Waals surface area contributed by atoms with Crippen LogP contribution < -0.4 is 5.32 Å². The predicted octanol–water partition coefficient (Wildman–Crippen LogP) is -0.230. The van der Waals surface area contributed by atoms with Crippen LogP contribution in [0.15, 0.2) is 6.33 Å². The second-order valence-electron chi connectivity index (χ2n) is 2.64. The van der Waals surface area contributed by atoms with E-state index in [1.165, 1.54) is 0 Å². The highest BCUT2D eigenvalue weighted by Crippen LogP contribution is 2.02. The lowest BCUT2D eigenvalue weighted by molar-refractivity contribution is 0.384. The van der Waals surface area contributed by atoms with Crippen LogP contribution in [0.4, 0.5) is 0 Å². The Labute approximate surface area is 59.3 Å². The molecule has 54 valence electrons. The zero-order valence-electron chi connectivity index (χ0n) is 5.91. The fraction of sp³-hybridized carbons (Fsp3) is 0.667. The van der Waals surface area contributed by atoms with Gasteiger partial charge in [0.05, 0.1) is 13.1 Å². The Bertz CT molecular complexity index is 229. The Morgan fingerprint density at radius 3 is 3.60 bits per heavy atom. The number of hydrogen-bond acceptors (Lipinski definition) is 3. The van der Waals surface area contributed by atoms with Crippen molar-refractivity contribution in [2.45, 2.75) is 26.1 Å². The van der Waals surface area contributed by atoms with E-state index in [2.05, 4.69) is 22.3 Å². The second-order valence-corrected chi connectivity index (χ2v) is 2.64. The Morgan fingerprint density at radius 2 is 2.70 bits per heavy atom. The molecule has 1 aliphatic rings. The van der Waals surface area contributed by atoms with E-state index in [4.69, 9.17) is 0 Å². The molecule has 0 saturated heterocycles. The molecule has 10 heavy (non-hydrogen) atoms. The molecule has 2 rings (SSSR count). The van der Waals surface area contributed by atoms with Gasteiger partial charge in [-0.15, -0.1) is 0 Å². The summed E-state index contributed by atoms with van der Waals surface area (Å²) < 4.78 is 1.95. The SMILES string of the molecule is CC1Cn2ncnc2CN1. The molecule has 0 fully saturated rings. The van der Waals surface area contributed by atoms with Crippen molar-refractivity contribution >= 4 is 0 Å². The third kappa shape index (κ3) is 0.806. The van der Waals surface area contributed by atoms with Crippen LogP contribution in [0.5, 0.6) is 0 Å². The van der Waals surface area contributed by atoms with E-state index in [9.17, 15) is 0 Å². The molecular formula is C6H10N4. The first-order chi connectivity index (χ1) is 4.86. The second kappa shape index (κ2) is 2.05. The minimum absolute atomic E-state index is 0.522. The van der Waals surface area contributed by atoms with Gasteiger partial charge >= 0.3 is 0 Å². The summed E-state index contributed by atoms with van der Waals surface area (Å²) in [5.74, 6) is 1.04. The van der Waals surface area contributed by atoms with E-state index < -0.39 is 0 Å². The summed E-state index contributed by atoms with van der Waals surface area (Å²) in [5, 5.41) is 7.37. The minimum Gasteiger partial charge on any atom is -0.305 e. The summed E-state index contributed by atoms with van der Waals surface area (Å²) in [7, 11) is 0. The quantitative estimate of drug-likeness (QED) is 0.538. The summed E-state index contributed by atoms with van der Waals surface area (Å²) >= 11 is 0. The number of nitrogens with one attached hydrogen (secondary N) is 1. The van der Waals surface area contributed by atoms with Gasteiger partial charge in [0.1, 0.15) is 12.2 Å². The van der Waals surface area contributed by atoms with Gasteiger partial charge < -0.3 is 5.32 Å². The maximum Gasteiger partial charge on any atom is 0.140 e. The fourth-order valence-corrected chi connectivity index (χ4v) is 1.17. The standard InChI is InChI=1S/C6H10N4/c1-5-3-10-6(2-7-5)8-4-9-10/h4-5,7H,2-3H2,1H3. The highest BCUT2D eigenvalue weighted by molar-refractivity contribution is 4.89. The molecule has 0 aliphatic carbocycles.